The van der Waals surface area contributed by atoms with Gasteiger partial charge in [0.2, 0.25) is 0 Å². The van der Waals surface area contributed by atoms with Gasteiger partial charge in [-0.15, -0.1) is 6.58 Å². The van der Waals surface area contributed by atoms with Gasteiger partial charge in [0.05, 0.1) is 34.2 Å². The number of nitro groups is 2. The topological polar surface area (TPSA) is 105 Å². The fraction of sp³-hybridized carbons (Fsp3) is 0.0909. The van der Waals surface area contributed by atoms with Crippen molar-refractivity contribution in [2.75, 3.05) is 0 Å². The first kappa shape index (κ1) is 22.0. The van der Waals surface area contributed by atoms with E-state index in [1.807, 2.05) is 30.3 Å². The Labute approximate surface area is 179 Å². The Morgan fingerprint density at radius 2 is 1.16 bits per heavy atom. The summed E-state index contributed by atoms with van der Waals surface area (Å²) in [7, 11) is -3.31. The summed E-state index contributed by atoms with van der Waals surface area (Å²) in [6.07, 6.45) is 0. The molecule has 0 unspecified atom stereocenters. The van der Waals surface area contributed by atoms with Crippen LogP contribution >= 0.6 is 0 Å². The summed E-state index contributed by atoms with van der Waals surface area (Å²) in [5.74, 6) is 0. The molecule has 0 atom stereocenters. The molecule has 0 radical (unpaired) electrons. The van der Waals surface area contributed by atoms with Crippen molar-refractivity contribution >= 4 is 25.1 Å². The second-order valence-corrected chi connectivity index (χ2v) is 9.48. The Bertz CT molecular complexity index is 1030. The number of para-hydroxylation sites is 2. The first-order valence-electron chi connectivity index (χ1n) is 9.38. The van der Waals surface area contributed by atoms with Gasteiger partial charge in [-0.05, 0) is 23.0 Å². The maximum absolute atomic E-state index is 11.3. The van der Waals surface area contributed by atoms with Gasteiger partial charge in [0, 0.05) is 12.1 Å². The minimum absolute atomic E-state index is 0.0544. The van der Waals surface area contributed by atoms with Gasteiger partial charge >= 0.3 is 8.56 Å². The fourth-order valence-corrected chi connectivity index (χ4v) is 5.39. The highest BCUT2D eigenvalue weighted by molar-refractivity contribution is 6.85. The molecule has 0 heterocycles. The van der Waals surface area contributed by atoms with Crippen molar-refractivity contribution in [1.82, 2.24) is 0 Å². The molecule has 9 heteroatoms. The number of hydrogen-bond donors (Lipinski definition) is 0. The largest absolute Gasteiger partial charge is 0.399 e. The number of hydrogen-bond acceptors (Lipinski definition) is 6. The predicted molar refractivity (Wildman–Crippen MR) is 118 cm³/mol. The van der Waals surface area contributed by atoms with E-state index in [-0.39, 0.29) is 24.6 Å². The monoisotopic (exact) mass is 436 g/mol. The van der Waals surface area contributed by atoms with Crippen LogP contribution in [0.15, 0.2) is 91.1 Å². The van der Waals surface area contributed by atoms with Crippen molar-refractivity contribution < 1.29 is 18.7 Å². The lowest BCUT2D eigenvalue weighted by Gasteiger charge is -2.28. The summed E-state index contributed by atoms with van der Waals surface area (Å²) in [5, 5.41) is 23.4. The van der Waals surface area contributed by atoms with E-state index < -0.39 is 18.4 Å². The van der Waals surface area contributed by atoms with Crippen molar-refractivity contribution in [3.05, 3.63) is 122 Å². The van der Waals surface area contributed by atoms with Gasteiger partial charge < -0.3 is 8.85 Å². The molecule has 3 aromatic rings. The molecule has 0 aliphatic carbocycles. The summed E-state index contributed by atoms with van der Waals surface area (Å²) in [4.78, 5) is 21.8. The van der Waals surface area contributed by atoms with E-state index in [4.69, 9.17) is 8.85 Å². The van der Waals surface area contributed by atoms with Gasteiger partial charge in [0.1, 0.15) is 0 Å². The van der Waals surface area contributed by atoms with Crippen molar-refractivity contribution in [3.63, 3.8) is 0 Å². The molecule has 0 saturated carbocycles. The first-order valence-corrected chi connectivity index (χ1v) is 11.3. The summed E-state index contributed by atoms with van der Waals surface area (Å²) < 4.78 is 12.4. The van der Waals surface area contributed by atoms with Crippen LogP contribution in [-0.4, -0.2) is 18.4 Å². The Kier molecular flexibility index (Phi) is 7.03. The van der Waals surface area contributed by atoms with Crippen LogP contribution in [0, 0.1) is 20.2 Å². The Morgan fingerprint density at radius 3 is 1.58 bits per heavy atom. The van der Waals surface area contributed by atoms with Crippen LogP contribution in [-0.2, 0) is 22.1 Å². The van der Waals surface area contributed by atoms with Crippen molar-refractivity contribution in [3.8, 4) is 0 Å². The van der Waals surface area contributed by atoms with Crippen LogP contribution in [0.5, 0.6) is 0 Å². The van der Waals surface area contributed by atoms with Crippen molar-refractivity contribution in [1.29, 1.82) is 0 Å². The van der Waals surface area contributed by atoms with Crippen molar-refractivity contribution in [2.24, 2.45) is 0 Å². The Balaban J connectivity index is 1.92. The average Bonchev–Trinajstić information content (AvgIpc) is 2.80. The quantitative estimate of drug-likeness (QED) is 0.266. The van der Waals surface area contributed by atoms with E-state index in [1.165, 1.54) is 12.1 Å². The van der Waals surface area contributed by atoms with Gasteiger partial charge in [-0.1, -0.05) is 54.6 Å². The molecule has 0 amide bonds. The van der Waals surface area contributed by atoms with Gasteiger partial charge in [-0.25, -0.2) is 0 Å². The van der Waals surface area contributed by atoms with Gasteiger partial charge in [0.25, 0.3) is 11.4 Å². The van der Waals surface area contributed by atoms with E-state index in [0.717, 1.165) is 5.19 Å². The molecule has 0 bridgehead atoms. The van der Waals surface area contributed by atoms with Crippen LogP contribution in [0.2, 0.25) is 0 Å². The molecule has 0 aliphatic heterocycles. The summed E-state index contributed by atoms with van der Waals surface area (Å²) >= 11 is 0. The van der Waals surface area contributed by atoms with Crippen LogP contribution < -0.4 is 5.19 Å². The average molecular weight is 436 g/mol. The third-order valence-electron chi connectivity index (χ3n) is 4.71. The maximum Gasteiger partial charge on any atom is 0.399 e. The molecule has 3 rings (SSSR count). The van der Waals surface area contributed by atoms with Gasteiger partial charge in [-0.3, -0.25) is 20.2 Å². The molecule has 8 nitrogen and oxygen atoms in total. The van der Waals surface area contributed by atoms with Gasteiger partial charge in [-0.2, -0.15) is 0 Å². The molecule has 0 fully saturated rings. The minimum atomic E-state index is -3.31. The van der Waals surface area contributed by atoms with E-state index in [0.29, 0.717) is 11.1 Å². The molecule has 0 N–H and O–H groups in total. The number of nitro benzene ring substituents is 2. The first-order chi connectivity index (χ1) is 15.0. The highest BCUT2D eigenvalue weighted by atomic mass is 28.4. The van der Waals surface area contributed by atoms with Crippen LogP contribution in [0.25, 0.3) is 0 Å². The van der Waals surface area contributed by atoms with Crippen LogP contribution in [0.3, 0.4) is 0 Å². The zero-order valence-corrected chi connectivity index (χ0v) is 17.5. The summed E-state index contributed by atoms with van der Waals surface area (Å²) in [6.45, 7) is 3.76. The van der Waals surface area contributed by atoms with E-state index in [9.17, 15) is 20.2 Å². The molecule has 0 saturated heterocycles. The Morgan fingerprint density at radius 1 is 0.742 bits per heavy atom. The van der Waals surface area contributed by atoms with Crippen LogP contribution in [0.4, 0.5) is 11.4 Å². The normalized spacial score (nSPS) is 11.1. The predicted octanol–water partition coefficient (Wildman–Crippen LogP) is 4.31. The summed E-state index contributed by atoms with van der Waals surface area (Å²) in [6, 6.07) is 21.8. The second-order valence-electron chi connectivity index (χ2n) is 6.59. The molecule has 31 heavy (non-hydrogen) atoms. The van der Waals surface area contributed by atoms with E-state index >= 15 is 0 Å². The highest BCUT2D eigenvalue weighted by Crippen LogP contribution is 2.24. The number of benzene rings is 3. The highest BCUT2D eigenvalue weighted by Gasteiger charge is 2.38. The summed E-state index contributed by atoms with van der Waals surface area (Å²) in [5.41, 5.74) is 2.27. The van der Waals surface area contributed by atoms with Crippen LogP contribution in [0.1, 0.15) is 11.1 Å². The lowest BCUT2D eigenvalue weighted by Crippen LogP contribution is -2.52. The molecule has 0 spiro atoms. The lowest BCUT2D eigenvalue weighted by atomic mass is 10.2. The maximum atomic E-state index is 11.3. The fourth-order valence-electron chi connectivity index (χ4n) is 3.11. The van der Waals surface area contributed by atoms with Gasteiger partial charge in [0.15, 0.2) is 0 Å². The minimum Gasteiger partial charge on any atom is -0.383 e. The lowest BCUT2D eigenvalue weighted by molar-refractivity contribution is -0.385. The van der Waals surface area contributed by atoms with E-state index in [1.54, 1.807) is 42.1 Å². The third-order valence-corrected chi connectivity index (χ3v) is 7.53. The molecule has 0 aliphatic rings. The number of rotatable bonds is 10. The zero-order chi connectivity index (χ0) is 22.3. The van der Waals surface area contributed by atoms with E-state index in [2.05, 4.69) is 6.58 Å². The molecule has 0 aromatic heterocycles. The third kappa shape index (κ3) is 5.09. The molecular weight excluding hydrogens is 416 g/mol. The molecule has 158 valence electrons. The SMILES string of the molecule is C=C[Si](OCc1ccccc1[N+](=O)[O-])(OCc1ccccc1[N+](=O)[O-])c1ccccc1. The Hall–Kier alpha value is -3.66. The standard InChI is InChI=1S/C22H20N2O6Si/c1-2-31(20-12-4-3-5-13-20,29-16-18-10-6-8-14-21(18)23(25)26)30-17-19-11-7-9-15-22(19)24(27)28/h2-15H,1,16-17H2. The second kappa shape index (κ2) is 9.89. The van der Waals surface area contributed by atoms with Crippen molar-refractivity contribution in [2.45, 2.75) is 13.2 Å². The molecule has 3 aromatic carbocycles. The zero-order valence-electron chi connectivity index (χ0n) is 16.5. The smallest absolute Gasteiger partial charge is 0.383 e. The molecular formula is C22H20N2O6Si. The number of nitrogens with zero attached hydrogens (tertiary/aromatic N) is 2.